The van der Waals surface area contributed by atoms with Gasteiger partial charge in [-0.1, -0.05) is 13.8 Å². The average Bonchev–Trinajstić information content (AvgIpc) is 2.95. The Morgan fingerprint density at radius 3 is 3.06 bits per heavy atom. The monoisotopic (exact) mass is 281 g/mol. The molecule has 0 aliphatic carbocycles. The molecule has 0 radical (unpaired) electrons. The summed E-state index contributed by atoms with van der Waals surface area (Å²) >= 11 is 7.67. The number of aromatic nitrogens is 2. The highest BCUT2D eigenvalue weighted by atomic mass is 35.5. The Morgan fingerprint density at radius 1 is 1.44 bits per heavy atom. The van der Waals surface area contributed by atoms with Gasteiger partial charge in [-0.05, 0) is 41.8 Å². The summed E-state index contributed by atoms with van der Waals surface area (Å²) in [4.78, 5) is 12.2. The van der Waals surface area contributed by atoms with E-state index < -0.39 is 0 Å². The molecule has 1 fully saturated rings. The van der Waals surface area contributed by atoms with Crippen LogP contribution in [0.2, 0.25) is 5.28 Å². The molecule has 1 saturated heterocycles. The van der Waals surface area contributed by atoms with Gasteiger partial charge in [-0.3, -0.25) is 0 Å². The van der Waals surface area contributed by atoms with Crippen LogP contribution in [-0.4, -0.2) is 22.6 Å². The maximum absolute atomic E-state index is 6.04. The van der Waals surface area contributed by atoms with Crippen LogP contribution >= 0.6 is 22.9 Å². The maximum Gasteiger partial charge on any atom is 0.225 e. The van der Waals surface area contributed by atoms with Crippen LogP contribution in [0, 0.1) is 5.92 Å². The van der Waals surface area contributed by atoms with Crippen LogP contribution in [-0.2, 0) is 0 Å². The molecule has 0 spiro atoms. The van der Waals surface area contributed by atoms with Gasteiger partial charge in [0, 0.05) is 12.6 Å². The summed E-state index contributed by atoms with van der Waals surface area (Å²) in [6, 6.07) is 2.67. The van der Waals surface area contributed by atoms with Crippen molar-refractivity contribution >= 4 is 39.0 Å². The molecule has 0 saturated carbocycles. The first-order chi connectivity index (χ1) is 8.66. The molecule has 2 aromatic heterocycles. The second-order valence-corrected chi connectivity index (χ2v) is 6.34. The molecule has 1 atom stereocenters. The zero-order valence-corrected chi connectivity index (χ0v) is 12.1. The van der Waals surface area contributed by atoms with Gasteiger partial charge in [0.1, 0.15) is 10.6 Å². The van der Waals surface area contributed by atoms with Crippen molar-refractivity contribution in [2.75, 3.05) is 11.4 Å². The van der Waals surface area contributed by atoms with Gasteiger partial charge >= 0.3 is 0 Å². The molecule has 96 valence electrons. The highest BCUT2D eigenvalue weighted by Gasteiger charge is 2.29. The van der Waals surface area contributed by atoms with Gasteiger partial charge in [0.2, 0.25) is 5.28 Å². The smallest absolute Gasteiger partial charge is 0.225 e. The van der Waals surface area contributed by atoms with E-state index in [-0.39, 0.29) is 0 Å². The Balaban J connectivity index is 2.10. The molecule has 1 aliphatic heterocycles. The molecule has 1 aliphatic rings. The van der Waals surface area contributed by atoms with Crippen molar-refractivity contribution in [1.29, 1.82) is 0 Å². The van der Waals surface area contributed by atoms with Gasteiger partial charge in [-0.15, -0.1) is 11.3 Å². The van der Waals surface area contributed by atoms with Crippen molar-refractivity contribution < 1.29 is 0 Å². The summed E-state index contributed by atoms with van der Waals surface area (Å²) in [5.74, 6) is 1.65. The van der Waals surface area contributed by atoms with E-state index in [9.17, 15) is 0 Å². The number of rotatable bonds is 2. The second-order valence-electron chi connectivity index (χ2n) is 5.10. The summed E-state index contributed by atoms with van der Waals surface area (Å²) in [6.45, 7) is 5.62. The first-order valence-corrected chi connectivity index (χ1v) is 7.60. The number of fused-ring (bicyclic) bond motifs is 1. The van der Waals surface area contributed by atoms with Crippen LogP contribution in [0.15, 0.2) is 11.4 Å². The van der Waals surface area contributed by atoms with E-state index in [2.05, 4.69) is 40.2 Å². The molecule has 1 unspecified atom stereocenters. The molecule has 0 N–H and O–H groups in total. The number of halogens is 1. The van der Waals surface area contributed by atoms with E-state index in [0.29, 0.717) is 17.2 Å². The topological polar surface area (TPSA) is 29.0 Å². The van der Waals surface area contributed by atoms with Crippen LogP contribution in [0.1, 0.15) is 26.7 Å². The minimum absolute atomic E-state index is 0.356. The number of anilines is 1. The van der Waals surface area contributed by atoms with Crippen molar-refractivity contribution in [2.24, 2.45) is 5.92 Å². The Morgan fingerprint density at radius 2 is 2.28 bits per heavy atom. The van der Waals surface area contributed by atoms with Crippen LogP contribution < -0.4 is 4.90 Å². The Labute approximate surface area is 116 Å². The maximum atomic E-state index is 6.04. The Kier molecular flexibility index (Phi) is 3.16. The van der Waals surface area contributed by atoms with E-state index >= 15 is 0 Å². The predicted octanol–water partition coefficient (Wildman–Crippen LogP) is 3.97. The van der Waals surface area contributed by atoms with Crippen LogP contribution in [0.4, 0.5) is 5.82 Å². The lowest BCUT2D eigenvalue weighted by Crippen LogP contribution is -2.34. The molecule has 3 nitrogen and oxygen atoms in total. The van der Waals surface area contributed by atoms with E-state index in [1.54, 1.807) is 11.3 Å². The third kappa shape index (κ3) is 1.97. The predicted molar refractivity (Wildman–Crippen MR) is 77.6 cm³/mol. The van der Waals surface area contributed by atoms with Gasteiger partial charge in [0.05, 0.1) is 5.39 Å². The van der Waals surface area contributed by atoms with E-state index in [0.717, 1.165) is 22.6 Å². The second kappa shape index (κ2) is 4.67. The van der Waals surface area contributed by atoms with Gasteiger partial charge in [0.25, 0.3) is 0 Å². The van der Waals surface area contributed by atoms with Gasteiger partial charge in [-0.2, -0.15) is 4.98 Å². The van der Waals surface area contributed by atoms with E-state index in [1.807, 2.05) is 0 Å². The van der Waals surface area contributed by atoms with Crippen molar-refractivity contribution in [3.8, 4) is 0 Å². The van der Waals surface area contributed by atoms with Crippen molar-refractivity contribution in [3.63, 3.8) is 0 Å². The number of hydrogen-bond donors (Lipinski definition) is 0. The fourth-order valence-electron chi connectivity index (χ4n) is 2.78. The lowest BCUT2D eigenvalue weighted by Gasteiger charge is -2.29. The van der Waals surface area contributed by atoms with Gasteiger partial charge in [0.15, 0.2) is 0 Å². The first kappa shape index (κ1) is 12.2. The fourth-order valence-corrected chi connectivity index (χ4v) is 3.76. The summed E-state index contributed by atoms with van der Waals surface area (Å²) < 4.78 is 0. The van der Waals surface area contributed by atoms with E-state index in [1.165, 1.54) is 12.8 Å². The molecule has 18 heavy (non-hydrogen) atoms. The van der Waals surface area contributed by atoms with E-state index in [4.69, 9.17) is 11.6 Å². The molecular formula is C13H16ClN3S. The van der Waals surface area contributed by atoms with Crippen molar-refractivity contribution in [1.82, 2.24) is 9.97 Å². The summed E-state index contributed by atoms with van der Waals surface area (Å²) in [6.07, 6.45) is 2.47. The lowest BCUT2D eigenvalue weighted by atomic mass is 10.0. The third-order valence-corrected chi connectivity index (χ3v) is 4.59. The Hall–Kier alpha value is -0.870. The van der Waals surface area contributed by atoms with Gasteiger partial charge in [-0.25, -0.2) is 4.98 Å². The van der Waals surface area contributed by atoms with Crippen molar-refractivity contribution in [2.45, 2.75) is 32.7 Å². The minimum Gasteiger partial charge on any atom is -0.353 e. The summed E-state index contributed by atoms with van der Waals surface area (Å²) in [5, 5.41) is 3.55. The molecule has 0 amide bonds. The minimum atomic E-state index is 0.356. The number of hydrogen-bond acceptors (Lipinski definition) is 4. The molecule has 3 rings (SSSR count). The molecule has 0 aromatic carbocycles. The molecule has 0 bridgehead atoms. The Bertz CT molecular complexity index is 566. The van der Waals surface area contributed by atoms with Crippen LogP contribution in [0.3, 0.4) is 0 Å². The third-order valence-electron chi connectivity index (χ3n) is 3.62. The molecule has 2 aromatic rings. The highest BCUT2D eigenvalue weighted by Crippen LogP contribution is 2.35. The number of thiophene rings is 1. The quantitative estimate of drug-likeness (QED) is 0.780. The SMILES string of the molecule is CC(C)C1CCCN1c1nc(Cl)nc2sccc12. The molecule has 5 heteroatoms. The largest absolute Gasteiger partial charge is 0.353 e. The standard InChI is InChI=1S/C13H16ClN3S/c1-8(2)10-4-3-6-17(10)11-9-5-7-18-12(9)16-13(14)15-11/h5,7-8,10H,3-4,6H2,1-2H3. The normalized spacial score (nSPS) is 20.2. The van der Waals surface area contributed by atoms with Crippen LogP contribution in [0.25, 0.3) is 10.2 Å². The average molecular weight is 282 g/mol. The lowest BCUT2D eigenvalue weighted by molar-refractivity contribution is 0.490. The van der Waals surface area contributed by atoms with Crippen LogP contribution in [0.5, 0.6) is 0 Å². The summed E-state index contributed by atoms with van der Waals surface area (Å²) in [5.41, 5.74) is 0. The zero-order valence-electron chi connectivity index (χ0n) is 10.6. The van der Waals surface area contributed by atoms with Crippen molar-refractivity contribution in [3.05, 3.63) is 16.7 Å². The fraction of sp³-hybridized carbons (Fsp3) is 0.538. The zero-order chi connectivity index (χ0) is 12.7. The van der Waals surface area contributed by atoms with Gasteiger partial charge < -0.3 is 4.90 Å². The first-order valence-electron chi connectivity index (χ1n) is 6.34. The molecule has 3 heterocycles. The summed E-state index contributed by atoms with van der Waals surface area (Å²) in [7, 11) is 0. The highest BCUT2D eigenvalue weighted by molar-refractivity contribution is 7.16. The number of nitrogens with zero attached hydrogens (tertiary/aromatic N) is 3. The molecular weight excluding hydrogens is 266 g/mol.